The van der Waals surface area contributed by atoms with Crippen LogP contribution in [0.2, 0.25) is 0 Å². The molecule has 242 valence electrons. The maximum atomic E-state index is 13.1. The zero-order valence-corrected chi connectivity index (χ0v) is 27.1. The summed E-state index contributed by atoms with van der Waals surface area (Å²) >= 11 is 0. The number of likely N-dealkylation sites (tertiary alicyclic amines) is 1. The number of likely N-dealkylation sites (N-methyl/N-ethyl adjacent to an activating group) is 1. The standard InChI is InChI=1S/C37H42N8O2/c1-24-9-6-12-25-13-7-15-31(32(24)25)45-20-17-29-30(22-45)41-37(47-23-28-14-8-19-44(28)2)43-35(29)39-21-27(16-18-38)40-36(46)34-33(42-34)26-10-4-3-5-11-26/h3-7,9-13,15,27-28,33-34,42H,8,14,16-17,19-23H2,1-2H3,(H,40,46)(H,39,41,43)/t27-,28-,33?,34?/m0/s1. The third-order valence-corrected chi connectivity index (χ3v) is 9.78. The third-order valence-electron chi connectivity index (χ3n) is 9.78. The summed E-state index contributed by atoms with van der Waals surface area (Å²) in [6.45, 7) is 5.58. The molecule has 3 aromatic carbocycles. The molecule has 10 heteroatoms. The van der Waals surface area contributed by atoms with Crippen LogP contribution < -0.4 is 25.6 Å². The Hall–Kier alpha value is -4.72. The van der Waals surface area contributed by atoms with Gasteiger partial charge in [-0.15, -0.1) is 0 Å². The Morgan fingerprint density at radius 1 is 1.11 bits per heavy atom. The first-order chi connectivity index (χ1) is 23.0. The lowest BCUT2D eigenvalue weighted by molar-refractivity contribution is -0.121. The van der Waals surface area contributed by atoms with Crippen LogP contribution in [0.1, 0.15) is 47.7 Å². The van der Waals surface area contributed by atoms with Gasteiger partial charge in [0.05, 0.1) is 36.8 Å². The quantitative estimate of drug-likeness (QED) is 0.205. The van der Waals surface area contributed by atoms with E-state index in [2.05, 4.69) is 82.2 Å². The molecular formula is C37H42N8O2. The van der Waals surface area contributed by atoms with Crippen molar-refractivity contribution in [1.82, 2.24) is 25.5 Å². The maximum absolute atomic E-state index is 13.1. The van der Waals surface area contributed by atoms with Crippen LogP contribution in [-0.2, 0) is 17.8 Å². The minimum atomic E-state index is -0.382. The van der Waals surface area contributed by atoms with E-state index in [1.54, 1.807) is 0 Å². The number of carbonyl (C=O) groups excluding carboxylic acids is 1. The highest BCUT2D eigenvalue weighted by atomic mass is 16.5. The second kappa shape index (κ2) is 13.6. The Labute approximate surface area is 276 Å². The van der Waals surface area contributed by atoms with E-state index in [1.807, 2.05) is 30.3 Å². The number of fused-ring (bicyclic) bond motifs is 2. The number of ether oxygens (including phenoxy) is 1. The molecule has 2 unspecified atom stereocenters. The van der Waals surface area contributed by atoms with Crippen LogP contribution >= 0.6 is 0 Å². The fourth-order valence-corrected chi connectivity index (χ4v) is 7.06. The van der Waals surface area contributed by atoms with Crippen molar-refractivity contribution in [2.45, 2.75) is 63.3 Å². The predicted octanol–water partition coefficient (Wildman–Crippen LogP) is 4.50. The first kappa shape index (κ1) is 30.9. The van der Waals surface area contributed by atoms with E-state index in [9.17, 15) is 10.1 Å². The smallest absolute Gasteiger partial charge is 0.318 e. The van der Waals surface area contributed by atoms with Crippen LogP contribution in [0.25, 0.3) is 10.8 Å². The van der Waals surface area contributed by atoms with Crippen LogP contribution in [0, 0.1) is 18.3 Å². The molecular weight excluding hydrogens is 588 g/mol. The van der Waals surface area contributed by atoms with Crippen molar-refractivity contribution in [3.05, 3.63) is 89.1 Å². The molecule has 4 aromatic rings. The van der Waals surface area contributed by atoms with Gasteiger partial charge in [-0.3, -0.25) is 10.1 Å². The van der Waals surface area contributed by atoms with Crippen molar-refractivity contribution < 1.29 is 9.53 Å². The molecule has 3 aliphatic rings. The number of rotatable bonds is 11. The average molecular weight is 631 g/mol. The van der Waals surface area contributed by atoms with Crippen molar-refractivity contribution in [1.29, 1.82) is 5.26 Å². The molecule has 7 rings (SSSR count). The number of aromatic nitrogens is 2. The van der Waals surface area contributed by atoms with Crippen molar-refractivity contribution in [3.63, 3.8) is 0 Å². The highest BCUT2D eigenvalue weighted by molar-refractivity contribution is 5.97. The Bertz CT molecular complexity index is 1790. The van der Waals surface area contributed by atoms with Gasteiger partial charge in [0.1, 0.15) is 18.5 Å². The van der Waals surface area contributed by atoms with Gasteiger partial charge in [0.15, 0.2) is 0 Å². The molecule has 1 aromatic heterocycles. The third kappa shape index (κ3) is 6.73. The van der Waals surface area contributed by atoms with Gasteiger partial charge in [-0.05, 0) is 62.4 Å². The Morgan fingerprint density at radius 2 is 1.94 bits per heavy atom. The normalized spacial score (nSPS) is 21.1. The number of benzene rings is 3. The molecule has 0 aliphatic carbocycles. The second-order valence-electron chi connectivity index (χ2n) is 13.0. The topological polar surface area (TPSA) is 128 Å². The van der Waals surface area contributed by atoms with Crippen LogP contribution in [0.5, 0.6) is 6.01 Å². The number of amides is 1. The monoisotopic (exact) mass is 630 g/mol. The second-order valence-corrected chi connectivity index (χ2v) is 13.0. The van der Waals surface area contributed by atoms with Crippen molar-refractivity contribution in [3.8, 4) is 12.1 Å². The van der Waals surface area contributed by atoms with Crippen LogP contribution in [-0.4, -0.2) is 72.2 Å². The average Bonchev–Trinajstić information content (AvgIpc) is 3.80. The summed E-state index contributed by atoms with van der Waals surface area (Å²) in [6.07, 6.45) is 3.19. The molecule has 0 saturated carbocycles. The minimum absolute atomic E-state index is 0.00661. The number of hydrogen-bond donors (Lipinski definition) is 3. The van der Waals surface area contributed by atoms with Gasteiger partial charge < -0.3 is 25.2 Å². The summed E-state index contributed by atoms with van der Waals surface area (Å²) in [5, 5.41) is 21.9. The summed E-state index contributed by atoms with van der Waals surface area (Å²) in [5.41, 5.74) is 5.52. The Morgan fingerprint density at radius 3 is 2.72 bits per heavy atom. The number of nitrogens with zero attached hydrogens (tertiary/aromatic N) is 5. The number of nitriles is 1. The number of aryl methyl sites for hydroxylation is 1. The van der Waals surface area contributed by atoms with Crippen LogP contribution in [0.4, 0.5) is 11.5 Å². The Kier molecular flexibility index (Phi) is 8.92. The molecule has 3 N–H and O–H groups in total. The zero-order chi connectivity index (χ0) is 32.3. The maximum Gasteiger partial charge on any atom is 0.318 e. The van der Waals surface area contributed by atoms with E-state index in [0.717, 1.165) is 49.2 Å². The summed E-state index contributed by atoms with van der Waals surface area (Å²) in [6, 6.07) is 25.1. The number of nitrogens with one attached hydrogen (secondary N) is 3. The van der Waals surface area contributed by atoms with Crippen LogP contribution in [0.3, 0.4) is 0 Å². The molecule has 3 aliphatic heterocycles. The molecule has 4 atom stereocenters. The predicted molar refractivity (Wildman–Crippen MR) is 183 cm³/mol. The SMILES string of the molecule is Cc1cccc2cccc(N3CCc4c(nc(OC[C@@H]5CCCN5C)nc4NC[C@H](CC#N)NC(=O)C4NC4c4ccccc4)C3)c12. The van der Waals surface area contributed by atoms with E-state index in [4.69, 9.17) is 14.7 Å². The molecule has 0 radical (unpaired) electrons. The molecule has 4 heterocycles. The van der Waals surface area contributed by atoms with E-state index in [0.29, 0.717) is 37.6 Å². The number of carbonyl (C=O) groups is 1. The van der Waals surface area contributed by atoms with Gasteiger partial charge in [-0.2, -0.15) is 15.2 Å². The lowest BCUT2D eigenvalue weighted by Crippen LogP contribution is -2.42. The first-order valence-electron chi connectivity index (χ1n) is 16.7. The van der Waals surface area contributed by atoms with E-state index in [-0.39, 0.29) is 30.5 Å². The molecule has 2 fully saturated rings. The summed E-state index contributed by atoms with van der Waals surface area (Å²) in [4.78, 5) is 27.7. The fourth-order valence-electron chi connectivity index (χ4n) is 7.06. The van der Waals surface area contributed by atoms with Crippen molar-refractivity contribution in [2.75, 3.05) is 43.5 Å². The molecule has 1 amide bonds. The van der Waals surface area contributed by atoms with Gasteiger partial charge in [0.25, 0.3) is 0 Å². The molecule has 2 saturated heterocycles. The van der Waals surface area contributed by atoms with Gasteiger partial charge in [0.2, 0.25) is 5.91 Å². The summed E-state index contributed by atoms with van der Waals surface area (Å²) < 4.78 is 6.26. The van der Waals surface area contributed by atoms with Crippen molar-refractivity contribution >= 4 is 28.2 Å². The van der Waals surface area contributed by atoms with Crippen molar-refractivity contribution in [2.24, 2.45) is 0 Å². The fraction of sp³-hybridized carbons (Fsp3) is 0.405. The van der Waals surface area contributed by atoms with Crippen LogP contribution in [0.15, 0.2) is 66.7 Å². The molecule has 47 heavy (non-hydrogen) atoms. The zero-order valence-electron chi connectivity index (χ0n) is 27.1. The van der Waals surface area contributed by atoms with E-state index >= 15 is 0 Å². The van der Waals surface area contributed by atoms with Gasteiger partial charge >= 0.3 is 6.01 Å². The van der Waals surface area contributed by atoms with E-state index < -0.39 is 0 Å². The molecule has 10 nitrogen and oxygen atoms in total. The summed E-state index contributed by atoms with van der Waals surface area (Å²) in [5.74, 6) is 0.610. The molecule has 0 spiro atoms. The largest absolute Gasteiger partial charge is 0.462 e. The first-order valence-corrected chi connectivity index (χ1v) is 16.7. The van der Waals surface area contributed by atoms with Gasteiger partial charge in [-0.25, -0.2) is 0 Å². The van der Waals surface area contributed by atoms with Gasteiger partial charge in [0, 0.05) is 35.8 Å². The number of anilines is 2. The highest BCUT2D eigenvalue weighted by Crippen LogP contribution is 2.35. The molecule has 0 bridgehead atoms. The Balaban J connectivity index is 1.10. The minimum Gasteiger partial charge on any atom is -0.462 e. The van der Waals surface area contributed by atoms with E-state index in [1.165, 1.54) is 22.0 Å². The lowest BCUT2D eigenvalue weighted by Gasteiger charge is -2.32. The van der Waals surface area contributed by atoms with Gasteiger partial charge in [-0.1, -0.05) is 60.7 Å². The number of hydrogen-bond acceptors (Lipinski definition) is 9. The highest BCUT2D eigenvalue weighted by Gasteiger charge is 2.43. The lowest BCUT2D eigenvalue weighted by atomic mass is 10.00. The summed E-state index contributed by atoms with van der Waals surface area (Å²) in [7, 11) is 2.13.